The van der Waals surface area contributed by atoms with Crippen molar-refractivity contribution in [3.05, 3.63) is 77.9 Å². The second-order valence-corrected chi connectivity index (χ2v) is 9.20. The van der Waals surface area contributed by atoms with E-state index in [0.29, 0.717) is 11.3 Å². The lowest BCUT2D eigenvalue weighted by atomic mass is 10.1. The third-order valence-corrected chi connectivity index (χ3v) is 6.73. The van der Waals surface area contributed by atoms with Crippen LogP contribution in [0.25, 0.3) is 10.8 Å². The van der Waals surface area contributed by atoms with Gasteiger partial charge in [0.1, 0.15) is 0 Å². The second-order valence-electron chi connectivity index (χ2n) is 6.36. The van der Waals surface area contributed by atoms with Crippen LogP contribution < -0.4 is 10.0 Å². The van der Waals surface area contributed by atoms with Crippen LogP contribution in [-0.2, 0) is 10.0 Å². The molecule has 0 aliphatic heterocycles. The van der Waals surface area contributed by atoms with Crippen molar-refractivity contribution in [2.45, 2.75) is 11.3 Å². The molecule has 0 saturated carbocycles. The number of nitrogens with zero attached hydrogens (tertiary/aromatic N) is 2. The average molecular weight is 425 g/mol. The zero-order chi connectivity index (χ0) is 20.4. The van der Waals surface area contributed by atoms with Crippen molar-refractivity contribution < 1.29 is 13.2 Å². The predicted octanol–water partition coefficient (Wildman–Crippen LogP) is 4.05. The van der Waals surface area contributed by atoms with Crippen LogP contribution in [0.3, 0.4) is 0 Å². The van der Waals surface area contributed by atoms with E-state index < -0.39 is 10.0 Å². The zero-order valence-electron chi connectivity index (χ0n) is 15.3. The number of nitrogens with one attached hydrogen (secondary N) is 2. The lowest BCUT2D eigenvalue weighted by molar-refractivity contribution is 0.102. The van der Waals surface area contributed by atoms with E-state index in [1.54, 1.807) is 30.3 Å². The van der Waals surface area contributed by atoms with Crippen molar-refractivity contribution in [3.63, 3.8) is 0 Å². The molecule has 9 heteroatoms. The quantitative estimate of drug-likeness (QED) is 0.471. The third-order valence-electron chi connectivity index (χ3n) is 4.14. The number of hydrogen-bond acceptors (Lipinski definition) is 6. The molecule has 0 atom stereocenters. The van der Waals surface area contributed by atoms with Crippen LogP contribution in [-0.4, -0.2) is 24.5 Å². The molecule has 2 N–H and O–H groups in total. The van der Waals surface area contributed by atoms with Gasteiger partial charge in [-0.2, -0.15) is 8.42 Å². The average Bonchev–Trinajstić information content (AvgIpc) is 3.17. The molecule has 146 valence electrons. The normalized spacial score (nSPS) is 11.3. The SMILES string of the molecule is Cc1cccc(C(=O)Nc2nnc(S(=O)(=O)Nc3ccc4ccccc4c3)s2)c1. The van der Waals surface area contributed by atoms with E-state index in [2.05, 4.69) is 20.2 Å². The molecule has 7 nitrogen and oxygen atoms in total. The summed E-state index contributed by atoms with van der Waals surface area (Å²) in [5.74, 6) is -0.378. The minimum Gasteiger partial charge on any atom is -0.296 e. The van der Waals surface area contributed by atoms with Crippen molar-refractivity contribution in [1.82, 2.24) is 10.2 Å². The van der Waals surface area contributed by atoms with Gasteiger partial charge in [0.15, 0.2) is 0 Å². The number of fused-ring (bicyclic) bond motifs is 1. The molecule has 1 heterocycles. The predicted molar refractivity (Wildman–Crippen MR) is 114 cm³/mol. The van der Waals surface area contributed by atoms with E-state index in [1.807, 2.05) is 43.3 Å². The number of aryl methyl sites for hydroxylation is 1. The molecule has 4 rings (SSSR count). The summed E-state index contributed by atoms with van der Waals surface area (Å²) in [6, 6.07) is 20.0. The fourth-order valence-corrected chi connectivity index (χ4v) is 4.72. The molecule has 0 saturated heterocycles. The van der Waals surface area contributed by atoms with E-state index in [9.17, 15) is 13.2 Å². The van der Waals surface area contributed by atoms with Crippen LogP contribution in [0.15, 0.2) is 71.1 Å². The second kappa shape index (κ2) is 7.61. The molecule has 3 aromatic carbocycles. The van der Waals surface area contributed by atoms with Gasteiger partial charge in [0.05, 0.1) is 0 Å². The maximum absolute atomic E-state index is 12.6. The maximum Gasteiger partial charge on any atom is 0.291 e. The minimum absolute atomic E-state index is 0.107. The molecule has 0 fully saturated rings. The Labute approximate surface area is 171 Å². The number of carbonyl (C=O) groups is 1. The van der Waals surface area contributed by atoms with Crippen molar-refractivity contribution in [2.75, 3.05) is 10.0 Å². The molecule has 0 bridgehead atoms. The number of anilines is 2. The van der Waals surface area contributed by atoms with Gasteiger partial charge in [-0.1, -0.05) is 59.4 Å². The van der Waals surface area contributed by atoms with Crippen LogP contribution >= 0.6 is 11.3 Å². The lowest BCUT2D eigenvalue weighted by Crippen LogP contribution is -2.12. The van der Waals surface area contributed by atoms with Crippen molar-refractivity contribution in [3.8, 4) is 0 Å². The smallest absolute Gasteiger partial charge is 0.291 e. The number of rotatable bonds is 5. The first-order valence-electron chi connectivity index (χ1n) is 8.64. The number of benzene rings is 3. The number of carbonyl (C=O) groups excluding carboxylic acids is 1. The van der Waals surface area contributed by atoms with Gasteiger partial charge >= 0.3 is 0 Å². The summed E-state index contributed by atoms with van der Waals surface area (Å²) < 4.78 is 27.5. The van der Waals surface area contributed by atoms with Crippen molar-refractivity contribution >= 4 is 48.9 Å². The molecular weight excluding hydrogens is 408 g/mol. The number of sulfonamides is 1. The van der Waals surface area contributed by atoms with Gasteiger partial charge in [0.2, 0.25) is 5.13 Å². The first-order chi connectivity index (χ1) is 13.9. The molecule has 1 aromatic heterocycles. The van der Waals surface area contributed by atoms with Gasteiger partial charge in [-0.3, -0.25) is 14.8 Å². The Hall–Kier alpha value is -3.30. The molecule has 4 aromatic rings. The summed E-state index contributed by atoms with van der Waals surface area (Å²) in [6.45, 7) is 1.88. The highest BCUT2D eigenvalue weighted by Crippen LogP contribution is 2.25. The Morgan fingerprint density at radius 2 is 1.72 bits per heavy atom. The molecule has 0 radical (unpaired) electrons. The molecule has 0 aliphatic carbocycles. The van der Waals surface area contributed by atoms with E-state index >= 15 is 0 Å². The highest BCUT2D eigenvalue weighted by molar-refractivity contribution is 7.94. The first-order valence-corrected chi connectivity index (χ1v) is 10.9. The number of hydrogen-bond donors (Lipinski definition) is 2. The highest BCUT2D eigenvalue weighted by atomic mass is 32.2. The standard InChI is InChI=1S/C20H16N4O3S2/c1-13-5-4-8-16(11-13)18(25)21-19-22-23-20(28-19)29(26,27)24-17-10-9-14-6-2-3-7-15(14)12-17/h2-12,24H,1H3,(H,21,22,25). The number of amides is 1. The Morgan fingerprint density at radius 3 is 2.52 bits per heavy atom. The molecule has 0 unspecified atom stereocenters. The summed E-state index contributed by atoms with van der Waals surface area (Å²) >= 11 is 0.785. The van der Waals surface area contributed by atoms with Crippen LogP contribution in [0.2, 0.25) is 0 Å². The fourth-order valence-electron chi connectivity index (χ4n) is 2.78. The Kier molecular flexibility index (Phi) is 4.99. The number of aromatic nitrogens is 2. The molecular formula is C20H16N4O3S2. The van der Waals surface area contributed by atoms with Crippen LogP contribution in [0, 0.1) is 6.92 Å². The van der Waals surface area contributed by atoms with Gasteiger partial charge in [0.25, 0.3) is 20.3 Å². The van der Waals surface area contributed by atoms with Gasteiger partial charge in [-0.15, -0.1) is 10.2 Å². The van der Waals surface area contributed by atoms with E-state index in [-0.39, 0.29) is 15.4 Å². The summed E-state index contributed by atoms with van der Waals surface area (Å²) in [5.41, 5.74) is 1.82. The van der Waals surface area contributed by atoms with Crippen molar-refractivity contribution in [1.29, 1.82) is 0 Å². The van der Waals surface area contributed by atoms with E-state index in [0.717, 1.165) is 27.7 Å². The van der Waals surface area contributed by atoms with Crippen molar-refractivity contribution in [2.24, 2.45) is 0 Å². The van der Waals surface area contributed by atoms with Crippen LogP contribution in [0.1, 0.15) is 15.9 Å². The third kappa shape index (κ3) is 4.25. The van der Waals surface area contributed by atoms with Gasteiger partial charge in [0, 0.05) is 11.3 Å². The molecule has 29 heavy (non-hydrogen) atoms. The van der Waals surface area contributed by atoms with Gasteiger partial charge in [-0.25, -0.2) is 0 Å². The largest absolute Gasteiger partial charge is 0.296 e. The summed E-state index contributed by atoms with van der Waals surface area (Å²) in [4.78, 5) is 12.3. The molecule has 0 spiro atoms. The molecule has 1 amide bonds. The van der Waals surface area contributed by atoms with Gasteiger partial charge < -0.3 is 0 Å². The summed E-state index contributed by atoms with van der Waals surface area (Å²) in [7, 11) is -3.92. The summed E-state index contributed by atoms with van der Waals surface area (Å²) in [6.07, 6.45) is 0. The fraction of sp³-hybridized carbons (Fsp3) is 0.0500. The zero-order valence-corrected chi connectivity index (χ0v) is 16.9. The highest BCUT2D eigenvalue weighted by Gasteiger charge is 2.21. The van der Waals surface area contributed by atoms with Crippen LogP contribution in [0.4, 0.5) is 10.8 Å². The van der Waals surface area contributed by atoms with Crippen LogP contribution in [0.5, 0.6) is 0 Å². The Bertz CT molecular complexity index is 1320. The first kappa shape index (κ1) is 19.0. The lowest BCUT2D eigenvalue weighted by Gasteiger charge is -2.06. The Balaban J connectivity index is 1.52. The topological polar surface area (TPSA) is 101 Å². The summed E-state index contributed by atoms with van der Waals surface area (Å²) in [5, 5.41) is 12.1. The van der Waals surface area contributed by atoms with Gasteiger partial charge in [-0.05, 0) is 42.0 Å². The monoisotopic (exact) mass is 424 g/mol. The van der Waals surface area contributed by atoms with E-state index in [1.165, 1.54) is 0 Å². The maximum atomic E-state index is 12.6. The minimum atomic E-state index is -3.92. The molecule has 0 aliphatic rings. The Morgan fingerprint density at radius 1 is 0.931 bits per heavy atom. The van der Waals surface area contributed by atoms with E-state index in [4.69, 9.17) is 0 Å².